The van der Waals surface area contributed by atoms with Crippen LogP contribution in [-0.4, -0.2) is 35.8 Å². The lowest BCUT2D eigenvalue weighted by Gasteiger charge is -2.17. The van der Waals surface area contributed by atoms with Gasteiger partial charge in [0.25, 0.3) is 0 Å². The van der Waals surface area contributed by atoms with E-state index in [0.29, 0.717) is 11.4 Å². The monoisotopic (exact) mass is 369 g/mol. The lowest BCUT2D eigenvalue weighted by atomic mass is 10.1. The lowest BCUT2D eigenvalue weighted by Crippen LogP contribution is -2.28. The van der Waals surface area contributed by atoms with Crippen LogP contribution in [0, 0.1) is 6.92 Å². The first-order valence-electron chi connectivity index (χ1n) is 9.51. The van der Waals surface area contributed by atoms with Gasteiger partial charge in [-0.2, -0.15) is 0 Å². The summed E-state index contributed by atoms with van der Waals surface area (Å²) >= 11 is 0. The van der Waals surface area contributed by atoms with E-state index in [1.807, 2.05) is 19.1 Å². The normalized spacial score (nSPS) is 12.5. The Bertz CT molecular complexity index is 543. The van der Waals surface area contributed by atoms with Crippen LogP contribution in [0.5, 0.6) is 0 Å². The van der Waals surface area contributed by atoms with E-state index in [1.54, 1.807) is 19.2 Å². The van der Waals surface area contributed by atoms with E-state index < -0.39 is 10.0 Å². The van der Waals surface area contributed by atoms with Crippen LogP contribution in [0.15, 0.2) is 29.2 Å². The predicted molar refractivity (Wildman–Crippen MR) is 107 cm³/mol. The van der Waals surface area contributed by atoms with Gasteiger partial charge in [0.15, 0.2) is 0 Å². The number of hydrogen-bond donors (Lipinski definition) is 0. The van der Waals surface area contributed by atoms with Gasteiger partial charge < -0.3 is 0 Å². The molecule has 0 aliphatic rings. The first kappa shape index (κ1) is 21.4. The highest BCUT2D eigenvalue weighted by atomic mass is 32.2. The number of nitrogens with zero attached hydrogens (tertiary/aromatic N) is 1. The molecule has 0 N–H and O–H groups in total. The fourth-order valence-electron chi connectivity index (χ4n) is 2.83. The zero-order valence-corrected chi connectivity index (χ0v) is 18.0. The van der Waals surface area contributed by atoms with Gasteiger partial charge in [-0.25, -0.2) is 12.7 Å². The van der Waals surface area contributed by atoms with E-state index in [1.165, 1.54) is 54.9 Å². The molecule has 1 aromatic carbocycles. The quantitative estimate of drug-likeness (QED) is 0.382. The van der Waals surface area contributed by atoms with Crippen molar-refractivity contribution in [2.45, 2.75) is 75.8 Å². The fraction of sp³-hybridized carbons (Fsp3) is 0.684. The number of unbranched alkanes of at least 4 members (excludes halogenated alkanes) is 5. The maximum Gasteiger partial charge on any atom is 0.242 e. The summed E-state index contributed by atoms with van der Waals surface area (Å²) in [5, 5.41) is 0. The van der Waals surface area contributed by atoms with Gasteiger partial charge in [0.1, 0.15) is 0 Å². The lowest BCUT2D eigenvalue weighted by molar-refractivity contribution is 0.468. The Hall–Kier alpha value is -0.653. The van der Waals surface area contributed by atoms with Gasteiger partial charge in [0.2, 0.25) is 10.0 Å². The summed E-state index contributed by atoms with van der Waals surface area (Å²) in [5.74, 6) is 0. The second kappa shape index (κ2) is 11.8. The number of aryl methyl sites for hydroxylation is 1. The number of hydrogen-bond acceptors (Lipinski definition) is 2. The van der Waals surface area contributed by atoms with Crippen molar-refractivity contribution in [1.29, 1.82) is 0 Å². The van der Waals surface area contributed by atoms with E-state index in [0.717, 1.165) is 12.0 Å². The molecule has 0 fully saturated rings. The summed E-state index contributed by atoms with van der Waals surface area (Å²) in [6.45, 7) is 4.86. The molecule has 5 heteroatoms. The van der Waals surface area contributed by atoms with Gasteiger partial charge >= 0.3 is 0 Å². The molecule has 1 aromatic rings. The predicted octanol–water partition coefficient (Wildman–Crippen LogP) is 4.37. The third-order valence-corrected chi connectivity index (χ3v) is 8.43. The molecule has 0 aliphatic heterocycles. The zero-order valence-electron chi connectivity index (χ0n) is 15.8. The summed E-state index contributed by atoms with van der Waals surface area (Å²) in [6, 6.07) is 9.79. The minimum absolute atomic E-state index is 0.00461. The Labute approximate surface area is 151 Å². The van der Waals surface area contributed by atoms with Crippen LogP contribution in [0.1, 0.15) is 57.4 Å². The molecule has 0 radical (unpaired) electrons. The Morgan fingerprint density at radius 2 is 1.50 bits per heavy atom. The van der Waals surface area contributed by atoms with Crippen molar-refractivity contribution in [3.05, 3.63) is 29.8 Å². The number of rotatable bonds is 13. The van der Waals surface area contributed by atoms with E-state index in [2.05, 4.69) is 6.92 Å². The van der Waals surface area contributed by atoms with E-state index in [-0.39, 0.29) is 9.52 Å². The van der Waals surface area contributed by atoms with Crippen molar-refractivity contribution in [2.24, 2.45) is 0 Å². The van der Waals surface area contributed by atoms with E-state index in [9.17, 15) is 8.42 Å². The second-order valence-corrected chi connectivity index (χ2v) is 11.0. The molecule has 0 saturated carbocycles. The number of sulfonamides is 1. The summed E-state index contributed by atoms with van der Waals surface area (Å²) in [7, 11) is -1.62. The molecule has 0 atom stereocenters. The topological polar surface area (TPSA) is 37.4 Å². The van der Waals surface area contributed by atoms with Crippen LogP contribution >= 0.6 is 0 Å². The molecule has 24 heavy (non-hydrogen) atoms. The molecule has 0 amide bonds. The maximum atomic E-state index is 12.5. The van der Waals surface area contributed by atoms with E-state index >= 15 is 0 Å². The first-order valence-corrected chi connectivity index (χ1v) is 13.0. The summed E-state index contributed by atoms with van der Waals surface area (Å²) in [5.41, 5.74) is 1.08. The fourth-order valence-corrected chi connectivity index (χ4v) is 5.68. The van der Waals surface area contributed by atoms with Crippen LogP contribution in [0.4, 0.5) is 0 Å². The van der Waals surface area contributed by atoms with Crippen LogP contribution in [0.3, 0.4) is 0 Å². The van der Waals surface area contributed by atoms with Gasteiger partial charge in [0.05, 0.1) is 4.90 Å². The van der Waals surface area contributed by atoms with Crippen molar-refractivity contribution < 1.29 is 8.42 Å². The second-order valence-electron chi connectivity index (χ2n) is 6.82. The van der Waals surface area contributed by atoms with Crippen molar-refractivity contribution in [3.63, 3.8) is 0 Å². The highest BCUT2D eigenvalue weighted by molar-refractivity contribution is 7.89. The zero-order chi connectivity index (χ0) is 17.8. The molecule has 0 bridgehead atoms. The van der Waals surface area contributed by atoms with Gasteiger partial charge in [-0.3, -0.25) is 0 Å². The number of benzene rings is 1. The molecule has 0 spiro atoms. The van der Waals surface area contributed by atoms with Crippen molar-refractivity contribution in [3.8, 4) is 0 Å². The Morgan fingerprint density at radius 1 is 0.917 bits per heavy atom. The van der Waals surface area contributed by atoms with Crippen molar-refractivity contribution in [2.75, 3.05) is 13.6 Å². The Kier molecular flexibility index (Phi) is 10.5. The average molecular weight is 370 g/mol. The van der Waals surface area contributed by atoms with Gasteiger partial charge in [0, 0.05) is 23.1 Å². The molecule has 1 rings (SSSR count). The van der Waals surface area contributed by atoms with Crippen LogP contribution < -0.4 is 0 Å². The van der Waals surface area contributed by atoms with Crippen molar-refractivity contribution >= 4 is 19.5 Å². The minimum Gasteiger partial charge on any atom is -0.207 e. The molecule has 0 aromatic heterocycles. The minimum atomic E-state index is -3.32. The maximum absolute atomic E-state index is 12.5. The summed E-state index contributed by atoms with van der Waals surface area (Å²) in [6.07, 6.45) is 9.23. The van der Waals surface area contributed by atoms with Gasteiger partial charge in [-0.05, 0) is 25.5 Å². The smallest absolute Gasteiger partial charge is 0.207 e. The molecular formula is C19H35NO2SSi. The molecule has 0 unspecified atom stereocenters. The van der Waals surface area contributed by atoms with Crippen LogP contribution in [-0.2, 0) is 10.0 Å². The molecule has 3 nitrogen and oxygen atoms in total. The first-order chi connectivity index (χ1) is 11.5. The van der Waals surface area contributed by atoms with Crippen LogP contribution in [0.25, 0.3) is 0 Å². The third-order valence-electron chi connectivity index (χ3n) is 4.56. The average Bonchev–Trinajstić information content (AvgIpc) is 2.56. The molecule has 0 heterocycles. The largest absolute Gasteiger partial charge is 0.242 e. The molecule has 138 valence electrons. The molecule has 0 saturated heterocycles. The summed E-state index contributed by atoms with van der Waals surface area (Å²) in [4.78, 5) is 0.403. The molecule has 0 aliphatic carbocycles. The van der Waals surface area contributed by atoms with E-state index in [4.69, 9.17) is 0 Å². The summed E-state index contributed by atoms with van der Waals surface area (Å²) < 4.78 is 26.5. The Balaban J connectivity index is 2.17. The third kappa shape index (κ3) is 7.95. The Morgan fingerprint density at radius 3 is 2.17 bits per heavy atom. The van der Waals surface area contributed by atoms with Gasteiger partial charge in [-0.15, -0.1) is 0 Å². The SMILES string of the molecule is CCCCCCCC[SiH2]CCCN(C)S(=O)(=O)c1ccc(C)cc1. The standard InChI is InChI=1S/C19H35NO2SSi/c1-4-5-6-7-8-9-16-24-17-10-15-20(3)23(21,22)19-13-11-18(2)12-14-19/h11-14H,4-10,15-17,24H2,1-3H3. The van der Waals surface area contributed by atoms with Crippen molar-refractivity contribution in [1.82, 2.24) is 4.31 Å². The molecular weight excluding hydrogens is 334 g/mol. The highest BCUT2D eigenvalue weighted by Crippen LogP contribution is 2.15. The highest BCUT2D eigenvalue weighted by Gasteiger charge is 2.19. The van der Waals surface area contributed by atoms with Gasteiger partial charge in [-0.1, -0.05) is 75.2 Å². The van der Waals surface area contributed by atoms with Crippen LogP contribution in [0.2, 0.25) is 12.1 Å².